The van der Waals surface area contributed by atoms with Crippen molar-refractivity contribution in [2.24, 2.45) is 5.92 Å². The lowest BCUT2D eigenvalue weighted by Gasteiger charge is -2.39. The lowest BCUT2D eigenvalue weighted by atomic mass is 9.97. The van der Waals surface area contributed by atoms with E-state index in [2.05, 4.69) is 15.5 Å². The van der Waals surface area contributed by atoms with E-state index in [1.807, 2.05) is 20.8 Å². The van der Waals surface area contributed by atoms with Crippen LogP contribution in [0.5, 0.6) is 0 Å². The molecule has 12 heteroatoms. The summed E-state index contributed by atoms with van der Waals surface area (Å²) in [5, 5.41) is 21.9. The molecule has 1 aliphatic heterocycles. The van der Waals surface area contributed by atoms with Crippen LogP contribution in [0.3, 0.4) is 0 Å². The zero-order chi connectivity index (χ0) is 26.8. The second-order valence-electron chi connectivity index (χ2n) is 9.97. The monoisotopic (exact) mass is 498 g/mol. The van der Waals surface area contributed by atoms with Crippen LogP contribution in [0.1, 0.15) is 62.9 Å². The molecule has 192 valence electrons. The summed E-state index contributed by atoms with van der Waals surface area (Å²) in [5.74, 6) is -2.41. The third-order valence-corrected chi connectivity index (χ3v) is 5.64. The van der Waals surface area contributed by atoms with E-state index in [0.717, 1.165) is 11.1 Å². The Labute approximate surface area is 208 Å². The molecule has 3 rings (SSSR count). The SMILES string of the molecule is CC(C)C(NC(=O)CN1C(=O)C([N+](=O)[O-])=CN(C)C1c1ccccc1)C(=O)c1nnc(C(C)(C)C)o1. The van der Waals surface area contributed by atoms with Crippen molar-refractivity contribution in [3.8, 4) is 0 Å². The fourth-order valence-corrected chi connectivity index (χ4v) is 3.79. The summed E-state index contributed by atoms with van der Waals surface area (Å²) in [6.45, 7) is 8.55. The Morgan fingerprint density at radius 3 is 2.36 bits per heavy atom. The van der Waals surface area contributed by atoms with Crippen molar-refractivity contribution in [2.45, 2.75) is 52.2 Å². The molecule has 0 bridgehead atoms. The Kier molecular flexibility index (Phi) is 7.56. The zero-order valence-electron chi connectivity index (χ0n) is 21.1. The smallest absolute Gasteiger partial charge is 0.349 e. The number of hydrogen-bond donors (Lipinski definition) is 1. The molecule has 36 heavy (non-hydrogen) atoms. The Balaban J connectivity index is 1.85. The zero-order valence-corrected chi connectivity index (χ0v) is 21.1. The van der Waals surface area contributed by atoms with E-state index < -0.39 is 52.4 Å². The summed E-state index contributed by atoms with van der Waals surface area (Å²) < 4.78 is 5.54. The highest BCUT2D eigenvalue weighted by molar-refractivity contribution is 6.00. The first-order chi connectivity index (χ1) is 16.8. The number of nitrogens with one attached hydrogen (secondary N) is 1. The molecule has 2 amide bonds. The first kappa shape index (κ1) is 26.5. The predicted molar refractivity (Wildman–Crippen MR) is 128 cm³/mol. The number of nitro groups is 1. The van der Waals surface area contributed by atoms with Gasteiger partial charge in [-0.2, -0.15) is 0 Å². The molecule has 0 saturated heterocycles. The highest BCUT2D eigenvalue weighted by atomic mass is 16.6. The van der Waals surface area contributed by atoms with Gasteiger partial charge in [-0.25, -0.2) is 0 Å². The molecule has 2 unspecified atom stereocenters. The largest absolute Gasteiger partial charge is 0.418 e. The molecular formula is C24H30N6O6. The third kappa shape index (κ3) is 5.58. The summed E-state index contributed by atoms with van der Waals surface area (Å²) in [6.07, 6.45) is 0.392. The van der Waals surface area contributed by atoms with E-state index in [1.54, 1.807) is 51.2 Å². The van der Waals surface area contributed by atoms with Crippen molar-refractivity contribution in [3.05, 3.63) is 69.7 Å². The molecule has 1 aromatic carbocycles. The minimum Gasteiger partial charge on any atom is -0.418 e. The van der Waals surface area contributed by atoms with E-state index in [4.69, 9.17) is 4.42 Å². The summed E-state index contributed by atoms with van der Waals surface area (Å²) in [4.78, 5) is 52.5. The van der Waals surface area contributed by atoms with Gasteiger partial charge in [0.25, 0.3) is 5.89 Å². The van der Waals surface area contributed by atoms with E-state index in [9.17, 15) is 24.5 Å². The fraction of sp³-hybridized carbons (Fsp3) is 0.458. The topological polar surface area (TPSA) is 152 Å². The number of nitrogens with zero attached hydrogens (tertiary/aromatic N) is 5. The maximum Gasteiger partial charge on any atom is 0.349 e. The number of ketones is 1. The molecule has 0 radical (unpaired) electrons. The van der Waals surface area contributed by atoms with Crippen LogP contribution >= 0.6 is 0 Å². The Morgan fingerprint density at radius 1 is 1.19 bits per heavy atom. The van der Waals surface area contributed by atoms with Gasteiger partial charge in [0.1, 0.15) is 12.7 Å². The van der Waals surface area contributed by atoms with Crippen LogP contribution in [-0.4, -0.2) is 62.2 Å². The molecule has 1 aliphatic rings. The molecule has 1 N–H and O–H groups in total. The van der Waals surface area contributed by atoms with Gasteiger partial charge >= 0.3 is 11.6 Å². The molecule has 2 aromatic rings. The molecule has 0 saturated carbocycles. The second kappa shape index (κ2) is 10.3. The minimum absolute atomic E-state index is 0.228. The van der Waals surface area contributed by atoms with Gasteiger partial charge < -0.3 is 14.6 Å². The van der Waals surface area contributed by atoms with Crippen LogP contribution in [0.2, 0.25) is 0 Å². The summed E-state index contributed by atoms with van der Waals surface area (Å²) in [5.41, 5.74) is -0.455. The first-order valence-corrected chi connectivity index (χ1v) is 11.4. The molecule has 0 fully saturated rings. The van der Waals surface area contributed by atoms with Crippen LogP contribution in [-0.2, 0) is 15.0 Å². The summed E-state index contributed by atoms with van der Waals surface area (Å²) in [6, 6.07) is 7.83. The minimum atomic E-state index is -1.01. The molecule has 1 aromatic heterocycles. The van der Waals surface area contributed by atoms with Gasteiger partial charge in [0.05, 0.1) is 17.2 Å². The van der Waals surface area contributed by atoms with Crippen LogP contribution in [0, 0.1) is 16.0 Å². The maximum atomic E-state index is 13.1. The summed E-state index contributed by atoms with van der Waals surface area (Å²) in [7, 11) is 1.58. The van der Waals surface area contributed by atoms with Crippen molar-refractivity contribution >= 4 is 17.6 Å². The number of carbonyl (C=O) groups excluding carboxylic acids is 3. The van der Waals surface area contributed by atoms with Crippen molar-refractivity contribution < 1.29 is 23.7 Å². The van der Waals surface area contributed by atoms with Crippen molar-refractivity contribution in [1.82, 2.24) is 25.3 Å². The lowest BCUT2D eigenvalue weighted by molar-refractivity contribution is -0.422. The van der Waals surface area contributed by atoms with Gasteiger partial charge in [0.2, 0.25) is 17.6 Å². The normalized spacial score (nSPS) is 17.1. The first-order valence-electron chi connectivity index (χ1n) is 11.4. The average molecular weight is 499 g/mol. The molecule has 2 atom stereocenters. The Hall–Kier alpha value is -4.09. The fourth-order valence-electron chi connectivity index (χ4n) is 3.79. The molecule has 12 nitrogen and oxygen atoms in total. The highest BCUT2D eigenvalue weighted by Gasteiger charge is 2.41. The standard InChI is InChI=1S/C24H30N6O6/c1-14(2)18(19(32)20-26-27-23(36-20)24(3,4)5)25-17(31)13-29-21(15-10-8-7-9-11-15)28(6)12-16(22(29)33)30(34)35/h7-12,14,18,21H,13H2,1-6H3,(H,25,31). The average Bonchev–Trinajstić information content (AvgIpc) is 3.30. The van der Waals surface area contributed by atoms with Crippen molar-refractivity contribution in [2.75, 3.05) is 13.6 Å². The van der Waals surface area contributed by atoms with Gasteiger partial charge in [-0.3, -0.25) is 29.4 Å². The number of Topliss-reactive ketones (excluding diaryl/α,β-unsaturated/α-hetero) is 1. The van der Waals surface area contributed by atoms with E-state index in [1.165, 1.54) is 4.90 Å². The van der Waals surface area contributed by atoms with Gasteiger partial charge in [0, 0.05) is 12.5 Å². The lowest BCUT2D eigenvalue weighted by Crippen LogP contribution is -2.53. The highest BCUT2D eigenvalue weighted by Crippen LogP contribution is 2.30. The van der Waals surface area contributed by atoms with Gasteiger partial charge in [-0.15, -0.1) is 10.2 Å². The predicted octanol–water partition coefficient (Wildman–Crippen LogP) is 2.28. The van der Waals surface area contributed by atoms with E-state index in [0.29, 0.717) is 5.56 Å². The van der Waals surface area contributed by atoms with Crippen LogP contribution in [0.25, 0.3) is 0 Å². The van der Waals surface area contributed by atoms with Gasteiger partial charge in [-0.1, -0.05) is 65.0 Å². The van der Waals surface area contributed by atoms with Gasteiger partial charge in [-0.05, 0) is 11.5 Å². The van der Waals surface area contributed by atoms with Gasteiger partial charge in [0.15, 0.2) is 0 Å². The number of benzene rings is 1. The second-order valence-corrected chi connectivity index (χ2v) is 9.97. The van der Waals surface area contributed by atoms with E-state index >= 15 is 0 Å². The Bertz CT molecular complexity index is 1180. The summed E-state index contributed by atoms with van der Waals surface area (Å²) >= 11 is 0. The number of amides is 2. The molecule has 0 spiro atoms. The van der Waals surface area contributed by atoms with Crippen LogP contribution in [0.15, 0.2) is 46.6 Å². The van der Waals surface area contributed by atoms with Crippen LogP contribution in [0.4, 0.5) is 0 Å². The number of hydrogen-bond acceptors (Lipinski definition) is 9. The Morgan fingerprint density at radius 2 is 1.83 bits per heavy atom. The molecule has 0 aliphatic carbocycles. The maximum absolute atomic E-state index is 13.1. The van der Waals surface area contributed by atoms with Crippen molar-refractivity contribution in [3.63, 3.8) is 0 Å². The quantitative estimate of drug-likeness (QED) is 0.328. The molecule has 2 heterocycles. The van der Waals surface area contributed by atoms with E-state index in [-0.39, 0.29) is 17.7 Å². The molecular weight excluding hydrogens is 468 g/mol. The number of aromatic nitrogens is 2. The third-order valence-electron chi connectivity index (χ3n) is 5.64. The van der Waals surface area contributed by atoms with Crippen LogP contribution < -0.4 is 5.32 Å². The number of rotatable bonds is 8. The van der Waals surface area contributed by atoms with Crippen molar-refractivity contribution in [1.29, 1.82) is 0 Å². The number of carbonyl (C=O) groups is 3.